The molecule has 2 N–H and O–H groups in total. The van der Waals surface area contributed by atoms with Gasteiger partial charge < -0.3 is 0 Å². The minimum Gasteiger partial charge on any atom is -0.289 e. The molecule has 0 aliphatic rings. The molecule has 0 aliphatic carbocycles. The number of halogens is 3. The van der Waals surface area contributed by atoms with E-state index in [1.807, 2.05) is 5.43 Å². The number of rotatable bonds is 8. The quantitative estimate of drug-likeness (QED) is 0.390. The molecular formula is C15H13F3N6O4. The highest BCUT2D eigenvalue weighted by Crippen LogP contribution is 2.23. The zero-order chi connectivity index (χ0) is 21.3. The van der Waals surface area contributed by atoms with E-state index in [2.05, 4.69) is 15.6 Å². The molecule has 148 valence electrons. The molecule has 0 aliphatic heterocycles. The van der Waals surface area contributed by atoms with Crippen LogP contribution >= 0.6 is 0 Å². The van der Waals surface area contributed by atoms with Gasteiger partial charge in [0, 0.05) is 11.8 Å². The van der Waals surface area contributed by atoms with Gasteiger partial charge in [-0.25, -0.2) is 5.43 Å². The average Bonchev–Trinajstić information content (AvgIpc) is 2.64. The number of carbonyl (C=O) groups excluding carboxylic acids is 2. The predicted octanol–water partition coefficient (Wildman–Crippen LogP) is 2.29. The van der Waals surface area contributed by atoms with E-state index < -0.39 is 34.9 Å². The molecular weight excluding hydrogens is 385 g/mol. The molecule has 10 nitrogen and oxygen atoms in total. The first-order valence-electron chi connectivity index (χ1n) is 7.53. The van der Waals surface area contributed by atoms with Crippen molar-refractivity contribution in [1.29, 1.82) is 5.26 Å². The minimum atomic E-state index is -5.03. The molecule has 0 unspecified atom stereocenters. The first-order valence-corrected chi connectivity index (χ1v) is 7.53. The van der Waals surface area contributed by atoms with Crippen LogP contribution in [-0.2, 0) is 9.59 Å². The van der Waals surface area contributed by atoms with Gasteiger partial charge >= 0.3 is 12.1 Å². The van der Waals surface area contributed by atoms with E-state index in [1.54, 1.807) is 0 Å². The minimum absolute atomic E-state index is 0.0599. The third-order valence-corrected chi connectivity index (χ3v) is 3.11. The van der Waals surface area contributed by atoms with Crippen LogP contribution in [0.1, 0.15) is 19.8 Å². The van der Waals surface area contributed by atoms with Crippen LogP contribution in [0.5, 0.6) is 0 Å². The van der Waals surface area contributed by atoms with E-state index in [1.165, 1.54) is 37.3 Å². The molecule has 0 spiro atoms. The number of anilines is 1. The number of para-hydroxylation sites is 2. The summed E-state index contributed by atoms with van der Waals surface area (Å²) in [5.74, 6) is -3.21. The number of nitro groups is 1. The lowest BCUT2D eigenvalue weighted by atomic mass is 10.1. The lowest BCUT2D eigenvalue weighted by Gasteiger charge is -2.06. The standard InChI is InChI=1S/C15H13F3N6O4/c1-2-9(7-13(25)15(16,17)18)20-23-14(26)11(8-19)22-21-10-5-3-4-6-12(10)24(27)28/h3-6,21H,2,7H2,1H3,(H,23,26)/b20-9+,22-11+. The third-order valence-electron chi connectivity index (χ3n) is 3.11. The van der Waals surface area contributed by atoms with E-state index >= 15 is 0 Å². The number of hydrazone groups is 2. The summed E-state index contributed by atoms with van der Waals surface area (Å²) in [6.07, 6.45) is -6.14. The first kappa shape index (κ1) is 22.2. The summed E-state index contributed by atoms with van der Waals surface area (Å²) in [6.45, 7) is 1.42. The van der Waals surface area contributed by atoms with Crippen molar-refractivity contribution in [3.8, 4) is 6.07 Å². The lowest BCUT2D eigenvalue weighted by Crippen LogP contribution is -2.30. The summed E-state index contributed by atoms with van der Waals surface area (Å²) in [5, 5.41) is 26.7. The van der Waals surface area contributed by atoms with Gasteiger partial charge in [0.05, 0.1) is 11.3 Å². The van der Waals surface area contributed by atoms with Gasteiger partial charge in [0.15, 0.2) is 0 Å². The van der Waals surface area contributed by atoms with Crippen LogP contribution < -0.4 is 10.9 Å². The largest absolute Gasteiger partial charge is 0.450 e. The maximum atomic E-state index is 12.3. The highest BCUT2D eigenvalue weighted by atomic mass is 19.4. The number of hydrogen-bond acceptors (Lipinski definition) is 8. The Bertz CT molecular complexity index is 873. The number of carbonyl (C=O) groups is 2. The van der Waals surface area contributed by atoms with Crippen LogP contribution in [0.15, 0.2) is 34.5 Å². The van der Waals surface area contributed by atoms with Crippen molar-refractivity contribution in [2.24, 2.45) is 10.2 Å². The molecule has 0 radical (unpaired) electrons. The Hall–Kier alpha value is -3.82. The first-order chi connectivity index (χ1) is 13.1. The Balaban J connectivity index is 2.88. The van der Waals surface area contributed by atoms with Crippen molar-refractivity contribution in [2.45, 2.75) is 25.9 Å². The zero-order valence-corrected chi connectivity index (χ0v) is 14.3. The van der Waals surface area contributed by atoms with Gasteiger partial charge in [-0.1, -0.05) is 19.1 Å². The highest BCUT2D eigenvalue weighted by Gasteiger charge is 2.38. The van der Waals surface area contributed by atoms with Crippen LogP contribution in [-0.4, -0.2) is 34.2 Å². The monoisotopic (exact) mass is 398 g/mol. The number of nitrogens with zero attached hydrogens (tertiary/aromatic N) is 4. The van der Waals surface area contributed by atoms with Crippen molar-refractivity contribution < 1.29 is 27.7 Å². The maximum absolute atomic E-state index is 12.3. The topological polar surface area (TPSA) is 150 Å². The second kappa shape index (κ2) is 9.76. The van der Waals surface area contributed by atoms with Crippen molar-refractivity contribution >= 4 is 34.5 Å². The summed E-state index contributed by atoms with van der Waals surface area (Å²) in [5.41, 5.74) is 2.50. The molecule has 0 heterocycles. The number of alkyl halides is 3. The van der Waals surface area contributed by atoms with E-state index in [0.29, 0.717) is 0 Å². The summed E-state index contributed by atoms with van der Waals surface area (Å²) in [4.78, 5) is 33.0. The van der Waals surface area contributed by atoms with Gasteiger partial charge in [0.1, 0.15) is 11.8 Å². The number of ketones is 1. The van der Waals surface area contributed by atoms with Gasteiger partial charge in [-0.2, -0.15) is 28.6 Å². The van der Waals surface area contributed by atoms with Gasteiger partial charge in [-0.3, -0.25) is 25.1 Å². The van der Waals surface area contributed by atoms with Crippen LogP contribution in [0.25, 0.3) is 0 Å². The van der Waals surface area contributed by atoms with Crippen LogP contribution in [0, 0.1) is 21.4 Å². The van der Waals surface area contributed by atoms with E-state index in [4.69, 9.17) is 5.26 Å². The molecule has 0 bridgehead atoms. The fourth-order valence-corrected chi connectivity index (χ4v) is 1.68. The number of hydrogen-bond donors (Lipinski definition) is 2. The molecule has 1 amide bonds. The van der Waals surface area contributed by atoms with E-state index in [0.717, 1.165) is 0 Å². The highest BCUT2D eigenvalue weighted by molar-refractivity contribution is 6.45. The molecule has 28 heavy (non-hydrogen) atoms. The summed E-state index contributed by atoms with van der Waals surface area (Å²) >= 11 is 0. The second-order valence-electron chi connectivity index (χ2n) is 5.03. The number of nitriles is 1. The summed E-state index contributed by atoms with van der Waals surface area (Å²) in [6, 6.07) is 6.71. The Morgan fingerprint density at radius 2 is 1.93 bits per heavy atom. The molecule has 0 saturated heterocycles. The van der Waals surface area contributed by atoms with E-state index in [-0.39, 0.29) is 23.5 Å². The fourth-order valence-electron chi connectivity index (χ4n) is 1.68. The van der Waals surface area contributed by atoms with Gasteiger partial charge in [0.2, 0.25) is 11.5 Å². The molecule has 0 saturated carbocycles. The smallest absolute Gasteiger partial charge is 0.289 e. The molecule has 13 heteroatoms. The molecule has 1 aromatic carbocycles. The Labute approximate surface area is 155 Å². The van der Waals surface area contributed by atoms with Crippen molar-refractivity contribution in [2.75, 3.05) is 5.43 Å². The number of nitrogens with one attached hydrogen (secondary N) is 2. The molecule has 0 aromatic heterocycles. The van der Waals surface area contributed by atoms with Crippen LogP contribution in [0.2, 0.25) is 0 Å². The van der Waals surface area contributed by atoms with Gasteiger partial charge in [0.25, 0.3) is 5.69 Å². The van der Waals surface area contributed by atoms with Crippen molar-refractivity contribution in [1.82, 2.24) is 5.43 Å². The Morgan fingerprint density at radius 1 is 1.29 bits per heavy atom. The molecule has 0 fully saturated rings. The predicted molar refractivity (Wildman–Crippen MR) is 91.3 cm³/mol. The Kier molecular flexibility index (Phi) is 7.75. The normalized spacial score (nSPS) is 12.1. The molecule has 1 rings (SSSR count). The SMILES string of the molecule is CC/C(CC(=O)C(F)(F)F)=N\NC(=O)/C(C#N)=N/Nc1ccccc1[N+](=O)[O-]. The fraction of sp³-hybridized carbons (Fsp3) is 0.267. The van der Waals surface area contributed by atoms with Gasteiger partial charge in [-0.15, -0.1) is 0 Å². The number of amides is 1. The summed E-state index contributed by atoms with van der Waals surface area (Å²) < 4.78 is 36.8. The molecule has 0 atom stereocenters. The summed E-state index contributed by atoms with van der Waals surface area (Å²) in [7, 11) is 0. The molecule has 1 aromatic rings. The number of benzene rings is 1. The van der Waals surface area contributed by atoms with Crippen molar-refractivity contribution in [3.05, 3.63) is 34.4 Å². The van der Waals surface area contributed by atoms with Gasteiger partial charge in [-0.05, 0) is 12.5 Å². The van der Waals surface area contributed by atoms with Crippen molar-refractivity contribution in [3.63, 3.8) is 0 Å². The third kappa shape index (κ3) is 6.48. The van der Waals surface area contributed by atoms with Crippen LogP contribution in [0.3, 0.4) is 0 Å². The maximum Gasteiger partial charge on any atom is 0.450 e. The number of nitro benzene ring substituents is 1. The zero-order valence-electron chi connectivity index (χ0n) is 14.3. The van der Waals surface area contributed by atoms with Crippen LogP contribution in [0.4, 0.5) is 24.5 Å². The Morgan fingerprint density at radius 3 is 2.46 bits per heavy atom. The second-order valence-corrected chi connectivity index (χ2v) is 5.03. The lowest BCUT2D eigenvalue weighted by molar-refractivity contribution is -0.384. The average molecular weight is 398 g/mol. The van der Waals surface area contributed by atoms with E-state index in [9.17, 15) is 32.9 Å². The number of Topliss-reactive ketones (excluding diaryl/α,β-unsaturated/α-hetero) is 1.